The van der Waals surface area contributed by atoms with Gasteiger partial charge in [0.25, 0.3) is 0 Å². The number of carbonyl (C=O) groups excluding carboxylic acids is 1. The molecule has 4 nitrogen and oxygen atoms in total. The molecule has 0 unspecified atom stereocenters. The summed E-state index contributed by atoms with van der Waals surface area (Å²) in [6, 6.07) is 0. The molecular weight excluding hydrogens is 168 g/mol. The molecule has 0 radical (unpaired) electrons. The minimum atomic E-state index is -2.97. The fourth-order valence-corrected chi connectivity index (χ4v) is 0.639. The number of carbonyl (C=O) groups is 1. The van der Waals surface area contributed by atoms with Gasteiger partial charge >= 0.3 is 6.09 Å². The fraction of sp³-hybridized carbons (Fsp3) is 0.889. The lowest BCUT2D eigenvalue weighted by atomic mass is 10.2. The van der Waals surface area contributed by atoms with Crippen LogP contribution in [0.2, 0.25) is 0 Å². The van der Waals surface area contributed by atoms with E-state index in [-0.39, 0.29) is 13.1 Å². The summed E-state index contributed by atoms with van der Waals surface area (Å²) < 4.78 is 41.5. The quantitative estimate of drug-likeness (QED) is 0.732. The van der Waals surface area contributed by atoms with Crippen LogP contribution in [0.5, 0.6) is 0 Å². The maximum absolute atomic E-state index is 11.8. The van der Waals surface area contributed by atoms with Crippen LogP contribution in [-0.4, -0.2) is 36.2 Å². The first-order valence-electron chi connectivity index (χ1n) is 6.53. The molecule has 0 heterocycles. The molecule has 4 heteroatoms. The number of hydrogen-bond donors (Lipinski definition) is 1. The SMILES string of the molecule is [2H]C([2H])([2H])C([2H])([2H])N(CCN)C(=O)OC(C)(C)C. The van der Waals surface area contributed by atoms with E-state index in [1.54, 1.807) is 20.8 Å². The average molecular weight is 193 g/mol. The van der Waals surface area contributed by atoms with Crippen molar-refractivity contribution in [2.24, 2.45) is 5.73 Å². The van der Waals surface area contributed by atoms with Crippen molar-refractivity contribution in [3.63, 3.8) is 0 Å². The van der Waals surface area contributed by atoms with Gasteiger partial charge < -0.3 is 15.4 Å². The highest BCUT2D eigenvalue weighted by Gasteiger charge is 2.20. The number of rotatable bonds is 3. The van der Waals surface area contributed by atoms with E-state index in [1.165, 1.54) is 0 Å². The predicted molar refractivity (Wildman–Crippen MR) is 52.5 cm³/mol. The fourth-order valence-electron chi connectivity index (χ4n) is 0.639. The van der Waals surface area contributed by atoms with Crippen LogP contribution in [0.1, 0.15) is 34.5 Å². The Kier molecular flexibility index (Phi) is 2.28. The number of ether oxygens (including phenoxy) is 1. The second-order valence-corrected chi connectivity index (χ2v) is 3.53. The van der Waals surface area contributed by atoms with Crippen LogP contribution in [-0.2, 0) is 4.74 Å². The first-order chi connectivity index (χ1) is 7.83. The van der Waals surface area contributed by atoms with E-state index in [1.807, 2.05) is 0 Å². The van der Waals surface area contributed by atoms with Gasteiger partial charge in [0.1, 0.15) is 5.60 Å². The molecule has 0 aromatic heterocycles. The molecule has 78 valence electrons. The van der Waals surface area contributed by atoms with Crippen molar-refractivity contribution in [2.75, 3.05) is 19.6 Å². The Morgan fingerprint density at radius 2 is 2.31 bits per heavy atom. The summed E-state index contributed by atoms with van der Waals surface area (Å²) in [6.07, 6.45) is -1.03. The average Bonchev–Trinajstić information content (AvgIpc) is 2.08. The summed E-state index contributed by atoms with van der Waals surface area (Å²) in [5.41, 5.74) is 4.43. The molecule has 0 saturated heterocycles. The van der Waals surface area contributed by atoms with Crippen LogP contribution in [0, 0.1) is 0 Å². The lowest BCUT2D eigenvalue weighted by Gasteiger charge is -2.26. The zero-order valence-corrected chi connectivity index (χ0v) is 8.26. The molecule has 0 bridgehead atoms. The monoisotopic (exact) mass is 193 g/mol. The molecule has 0 saturated carbocycles. The molecular formula is C9H20N2O2. The molecule has 0 aliphatic rings. The van der Waals surface area contributed by atoms with Gasteiger partial charge in [-0.3, -0.25) is 0 Å². The van der Waals surface area contributed by atoms with Gasteiger partial charge in [-0.15, -0.1) is 0 Å². The number of nitrogens with zero attached hydrogens (tertiary/aromatic N) is 1. The zero-order chi connectivity index (χ0) is 14.8. The van der Waals surface area contributed by atoms with E-state index in [9.17, 15) is 4.79 Å². The summed E-state index contributed by atoms with van der Waals surface area (Å²) >= 11 is 0. The maximum Gasteiger partial charge on any atom is 0.410 e. The highest BCUT2D eigenvalue weighted by molar-refractivity contribution is 5.68. The minimum absolute atomic E-state index is 0.0607. The normalized spacial score (nSPS) is 18.9. The topological polar surface area (TPSA) is 55.6 Å². The van der Waals surface area contributed by atoms with Crippen molar-refractivity contribution >= 4 is 6.09 Å². The van der Waals surface area contributed by atoms with Crippen molar-refractivity contribution in [3.05, 3.63) is 0 Å². The van der Waals surface area contributed by atoms with Crippen LogP contribution in [0.25, 0.3) is 0 Å². The number of nitrogens with two attached hydrogens (primary N) is 1. The minimum Gasteiger partial charge on any atom is -0.444 e. The van der Waals surface area contributed by atoms with E-state index in [0.717, 1.165) is 0 Å². The van der Waals surface area contributed by atoms with Crippen LogP contribution in [0.3, 0.4) is 0 Å². The smallest absolute Gasteiger partial charge is 0.410 e. The molecule has 0 aliphatic heterocycles. The van der Waals surface area contributed by atoms with Gasteiger partial charge in [-0.25, -0.2) is 4.79 Å². The van der Waals surface area contributed by atoms with E-state index in [4.69, 9.17) is 17.3 Å². The third kappa shape index (κ3) is 5.47. The van der Waals surface area contributed by atoms with E-state index >= 15 is 0 Å². The molecule has 0 fully saturated rings. The van der Waals surface area contributed by atoms with Crippen molar-refractivity contribution in [3.8, 4) is 0 Å². The van der Waals surface area contributed by atoms with Gasteiger partial charge in [-0.1, -0.05) is 0 Å². The van der Waals surface area contributed by atoms with Crippen molar-refractivity contribution in [1.29, 1.82) is 0 Å². The Morgan fingerprint density at radius 1 is 1.69 bits per heavy atom. The van der Waals surface area contributed by atoms with Gasteiger partial charge in [0.05, 0.1) is 0 Å². The molecule has 0 atom stereocenters. The van der Waals surface area contributed by atoms with Crippen LogP contribution >= 0.6 is 0 Å². The Hall–Kier alpha value is -0.770. The first-order valence-corrected chi connectivity index (χ1v) is 4.03. The van der Waals surface area contributed by atoms with Crippen LogP contribution in [0.15, 0.2) is 0 Å². The number of hydrogen-bond acceptors (Lipinski definition) is 3. The van der Waals surface area contributed by atoms with Crippen LogP contribution < -0.4 is 5.73 Å². The second-order valence-electron chi connectivity index (χ2n) is 3.53. The largest absolute Gasteiger partial charge is 0.444 e. The van der Waals surface area contributed by atoms with Gasteiger partial charge in [-0.2, -0.15) is 0 Å². The van der Waals surface area contributed by atoms with Crippen molar-refractivity contribution < 1.29 is 16.4 Å². The van der Waals surface area contributed by atoms with Crippen molar-refractivity contribution in [1.82, 2.24) is 4.90 Å². The molecule has 0 aliphatic carbocycles. The van der Waals surface area contributed by atoms with E-state index in [0.29, 0.717) is 4.90 Å². The predicted octanol–water partition coefficient (Wildman–Crippen LogP) is 1.20. The Bertz CT molecular complexity index is 298. The Balaban J connectivity index is 5.14. The van der Waals surface area contributed by atoms with Gasteiger partial charge in [0.15, 0.2) is 0 Å². The molecule has 2 N–H and O–H groups in total. The first kappa shape index (κ1) is 5.86. The van der Waals surface area contributed by atoms with Gasteiger partial charge in [-0.05, 0) is 27.6 Å². The highest BCUT2D eigenvalue weighted by Crippen LogP contribution is 2.09. The number of likely N-dealkylation sites (N-methyl/N-ethyl adjacent to an activating group) is 1. The summed E-state index contributed by atoms with van der Waals surface area (Å²) in [5.74, 6) is 0. The maximum atomic E-state index is 11.8. The van der Waals surface area contributed by atoms with Crippen LogP contribution in [0.4, 0.5) is 4.79 Å². The lowest BCUT2D eigenvalue weighted by Crippen LogP contribution is -2.39. The molecule has 0 aromatic carbocycles. The summed E-state index contributed by atoms with van der Waals surface area (Å²) in [6.45, 7) is -1.27. The highest BCUT2D eigenvalue weighted by atomic mass is 16.6. The van der Waals surface area contributed by atoms with Gasteiger partial charge in [0, 0.05) is 26.4 Å². The molecule has 0 rings (SSSR count). The summed E-state index contributed by atoms with van der Waals surface area (Å²) in [4.78, 5) is 12.3. The zero-order valence-electron chi connectivity index (χ0n) is 13.3. The molecule has 1 amide bonds. The standard InChI is InChI=1S/C9H20N2O2/c1-5-11(7-6-10)8(12)13-9(2,3)4/h5-7,10H2,1-4H3/i1D3,5D2. The number of amides is 1. The molecule has 0 spiro atoms. The molecule has 0 aromatic rings. The van der Waals surface area contributed by atoms with E-state index < -0.39 is 25.0 Å². The summed E-state index contributed by atoms with van der Waals surface area (Å²) in [5, 5.41) is 0. The lowest BCUT2D eigenvalue weighted by molar-refractivity contribution is 0.0266. The summed E-state index contributed by atoms with van der Waals surface area (Å²) in [7, 11) is 0. The third-order valence-electron chi connectivity index (χ3n) is 1.10. The Labute approximate surface area is 87.1 Å². The van der Waals surface area contributed by atoms with Crippen molar-refractivity contribution in [2.45, 2.75) is 33.2 Å². The second kappa shape index (κ2) is 5.07. The molecule has 13 heavy (non-hydrogen) atoms. The Morgan fingerprint density at radius 3 is 2.69 bits per heavy atom. The van der Waals surface area contributed by atoms with E-state index in [2.05, 4.69) is 0 Å². The van der Waals surface area contributed by atoms with Gasteiger partial charge in [0.2, 0.25) is 0 Å². The third-order valence-corrected chi connectivity index (χ3v) is 1.10.